The van der Waals surface area contributed by atoms with Gasteiger partial charge in [0.15, 0.2) is 0 Å². The van der Waals surface area contributed by atoms with Crippen molar-refractivity contribution in [2.45, 2.75) is 39.3 Å². The zero-order valence-corrected chi connectivity index (χ0v) is 14.8. The van der Waals surface area contributed by atoms with Gasteiger partial charge in [0.25, 0.3) is 0 Å². The van der Waals surface area contributed by atoms with E-state index in [0.717, 1.165) is 47.8 Å². The summed E-state index contributed by atoms with van der Waals surface area (Å²) in [6.45, 7) is 5.12. The molecule has 134 valence electrons. The van der Waals surface area contributed by atoms with Gasteiger partial charge in [-0.15, -0.1) is 0 Å². The van der Waals surface area contributed by atoms with Gasteiger partial charge in [0.05, 0.1) is 46.8 Å². The number of aromatic nitrogens is 4. The Morgan fingerprint density at radius 2 is 2.19 bits per heavy atom. The van der Waals surface area contributed by atoms with E-state index < -0.39 is 0 Å². The minimum Gasteiger partial charge on any atom is -0.361 e. The van der Waals surface area contributed by atoms with Gasteiger partial charge in [-0.05, 0) is 45.4 Å². The molecule has 0 aliphatic carbocycles. The maximum Gasteiger partial charge on any atom is 0.146 e. The molecule has 7 heteroatoms. The summed E-state index contributed by atoms with van der Waals surface area (Å²) >= 11 is 0. The predicted molar refractivity (Wildman–Crippen MR) is 93.6 cm³/mol. The average Bonchev–Trinajstić information content (AvgIpc) is 3.23. The summed E-state index contributed by atoms with van der Waals surface area (Å²) in [6, 6.07) is 3.16. The number of nitrogens with zero attached hydrogens (tertiary/aromatic N) is 5. The lowest BCUT2D eigenvalue weighted by Gasteiger charge is -2.23. The van der Waals surface area contributed by atoms with Crippen molar-refractivity contribution in [1.82, 2.24) is 25.0 Å². The molecule has 1 saturated heterocycles. The summed E-state index contributed by atoms with van der Waals surface area (Å²) in [4.78, 5) is 15.6. The van der Waals surface area contributed by atoms with Gasteiger partial charge >= 0.3 is 0 Å². The Balaban J connectivity index is 1.62. The van der Waals surface area contributed by atoms with Crippen LogP contribution in [0.15, 0.2) is 35.2 Å². The zero-order valence-electron chi connectivity index (χ0n) is 14.8. The second kappa shape index (κ2) is 6.92. The first-order valence-corrected chi connectivity index (χ1v) is 8.72. The van der Waals surface area contributed by atoms with Crippen LogP contribution in [0.3, 0.4) is 0 Å². The van der Waals surface area contributed by atoms with E-state index in [-0.39, 0.29) is 11.9 Å². The first-order valence-electron chi connectivity index (χ1n) is 8.72. The first-order chi connectivity index (χ1) is 12.6. The lowest BCUT2D eigenvalue weighted by molar-refractivity contribution is 0.237. The molecular weight excluding hydrogens is 333 g/mol. The molecule has 3 aromatic heterocycles. The summed E-state index contributed by atoms with van der Waals surface area (Å²) in [6.07, 6.45) is 7.15. The number of pyridine rings is 1. The van der Waals surface area contributed by atoms with Crippen LogP contribution in [0.5, 0.6) is 0 Å². The Bertz CT molecular complexity index is 906. The highest BCUT2D eigenvalue weighted by molar-refractivity contribution is 5.62. The molecule has 1 aliphatic heterocycles. The van der Waals surface area contributed by atoms with Crippen molar-refractivity contribution >= 4 is 0 Å². The van der Waals surface area contributed by atoms with Gasteiger partial charge in [-0.25, -0.2) is 9.37 Å². The maximum absolute atomic E-state index is 14.0. The lowest BCUT2D eigenvalue weighted by Crippen LogP contribution is -2.24. The van der Waals surface area contributed by atoms with Crippen molar-refractivity contribution < 1.29 is 8.91 Å². The minimum absolute atomic E-state index is 0.101. The Labute approximate surface area is 151 Å². The molecule has 0 saturated carbocycles. The monoisotopic (exact) mass is 353 g/mol. The summed E-state index contributed by atoms with van der Waals surface area (Å²) in [5.41, 5.74) is 3.80. The summed E-state index contributed by atoms with van der Waals surface area (Å²) in [5, 5.41) is 4.00. The molecule has 0 radical (unpaired) electrons. The van der Waals surface area contributed by atoms with E-state index in [1.807, 2.05) is 13.8 Å². The van der Waals surface area contributed by atoms with Crippen LogP contribution in [0, 0.1) is 19.7 Å². The molecule has 4 rings (SSSR count). The molecule has 0 aromatic carbocycles. The van der Waals surface area contributed by atoms with Crippen LogP contribution in [0.1, 0.15) is 41.7 Å². The van der Waals surface area contributed by atoms with Gasteiger partial charge in [0.1, 0.15) is 11.6 Å². The quantitative estimate of drug-likeness (QED) is 0.714. The molecule has 4 heterocycles. The zero-order chi connectivity index (χ0) is 18.1. The minimum atomic E-state index is -0.270. The topological polar surface area (TPSA) is 67.9 Å². The van der Waals surface area contributed by atoms with E-state index in [0.29, 0.717) is 12.2 Å². The summed E-state index contributed by atoms with van der Waals surface area (Å²) in [7, 11) is 0. The molecule has 1 atom stereocenters. The second-order valence-electron chi connectivity index (χ2n) is 6.59. The fraction of sp³-hybridized carbons (Fsp3) is 0.368. The van der Waals surface area contributed by atoms with E-state index in [9.17, 15) is 4.39 Å². The van der Waals surface area contributed by atoms with Gasteiger partial charge < -0.3 is 4.52 Å². The van der Waals surface area contributed by atoms with E-state index in [2.05, 4.69) is 20.0 Å². The molecule has 0 spiro atoms. The molecule has 0 amide bonds. The van der Waals surface area contributed by atoms with Gasteiger partial charge in [-0.3, -0.25) is 14.9 Å². The maximum atomic E-state index is 14.0. The Morgan fingerprint density at radius 3 is 2.96 bits per heavy atom. The normalized spacial score (nSPS) is 17.7. The number of likely N-dealkylation sites (tertiary alicyclic amines) is 1. The molecular formula is C19H20FN5O. The lowest BCUT2D eigenvalue weighted by atomic mass is 10.1. The van der Waals surface area contributed by atoms with Crippen LogP contribution in [0.4, 0.5) is 4.39 Å². The van der Waals surface area contributed by atoms with Crippen molar-refractivity contribution in [3.8, 4) is 11.3 Å². The summed E-state index contributed by atoms with van der Waals surface area (Å²) in [5.74, 6) is 0.460. The van der Waals surface area contributed by atoms with Crippen LogP contribution in [0.2, 0.25) is 0 Å². The van der Waals surface area contributed by atoms with Crippen molar-refractivity contribution in [3.63, 3.8) is 0 Å². The highest BCUT2D eigenvalue weighted by Crippen LogP contribution is 2.33. The SMILES string of the molecule is Cc1noc(C)c1-c1cncc(C2CCCN2Cc2ncccc2F)n1. The van der Waals surface area contributed by atoms with Crippen LogP contribution < -0.4 is 0 Å². The Hall–Kier alpha value is -2.67. The number of halogens is 1. The standard InChI is InChI=1S/C19H20FN5O/c1-12-19(13(2)26-24-12)16-10-21-9-15(23-16)18-6-4-8-25(18)11-17-14(20)5-3-7-22-17/h3,5,7,9-10,18H,4,6,8,11H2,1-2H3. The van der Waals surface area contributed by atoms with E-state index in [1.165, 1.54) is 6.07 Å². The number of aryl methyl sites for hydroxylation is 2. The fourth-order valence-electron chi connectivity index (χ4n) is 3.59. The van der Waals surface area contributed by atoms with Crippen LogP contribution in [-0.4, -0.2) is 31.6 Å². The number of hydrogen-bond acceptors (Lipinski definition) is 6. The van der Waals surface area contributed by atoms with Crippen molar-refractivity contribution in [1.29, 1.82) is 0 Å². The van der Waals surface area contributed by atoms with Gasteiger partial charge in [0, 0.05) is 12.7 Å². The smallest absolute Gasteiger partial charge is 0.146 e. The third kappa shape index (κ3) is 3.10. The average molecular weight is 353 g/mol. The highest BCUT2D eigenvalue weighted by atomic mass is 19.1. The molecule has 0 N–H and O–H groups in total. The van der Waals surface area contributed by atoms with Gasteiger partial charge in [-0.1, -0.05) is 5.16 Å². The third-order valence-corrected chi connectivity index (χ3v) is 4.84. The van der Waals surface area contributed by atoms with Gasteiger partial charge in [0.2, 0.25) is 0 Å². The van der Waals surface area contributed by atoms with E-state index in [1.54, 1.807) is 24.7 Å². The number of hydrogen-bond donors (Lipinski definition) is 0. The van der Waals surface area contributed by atoms with Crippen molar-refractivity contribution in [2.75, 3.05) is 6.54 Å². The summed E-state index contributed by atoms with van der Waals surface area (Å²) < 4.78 is 19.2. The fourth-order valence-corrected chi connectivity index (χ4v) is 3.59. The largest absolute Gasteiger partial charge is 0.361 e. The molecule has 26 heavy (non-hydrogen) atoms. The van der Waals surface area contributed by atoms with E-state index in [4.69, 9.17) is 9.51 Å². The van der Waals surface area contributed by atoms with E-state index >= 15 is 0 Å². The van der Waals surface area contributed by atoms with Crippen LogP contribution >= 0.6 is 0 Å². The molecule has 3 aromatic rings. The van der Waals surface area contributed by atoms with Crippen molar-refractivity contribution in [3.05, 3.63) is 59.4 Å². The Kier molecular flexibility index (Phi) is 4.46. The van der Waals surface area contributed by atoms with Crippen LogP contribution in [0.25, 0.3) is 11.3 Å². The third-order valence-electron chi connectivity index (χ3n) is 4.84. The van der Waals surface area contributed by atoms with Crippen LogP contribution in [-0.2, 0) is 6.54 Å². The Morgan fingerprint density at radius 1 is 1.31 bits per heavy atom. The molecule has 1 aliphatic rings. The van der Waals surface area contributed by atoms with Crippen molar-refractivity contribution in [2.24, 2.45) is 0 Å². The highest BCUT2D eigenvalue weighted by Gasteiger charge is 2.29. The van der Waals surface area contributed by atoms with Gasteiger partial charge in [-0.2, -0.15) is 0 Å². The molecule has 1 unspecified atom stereocenters. The molecule has 0 bridgehead atoms. The molecule has 6 nitrogen and oxygen atoms in total. The predicted octanol–water partition coefficient (Wildman–Crippen LogP) is 3.62. The first kappa shape index (κ1) is 16.8. The molecule has 1 fully saturated rings. The second-order valence-corrected chi connectivity index (χ2v) is 6.59. The number of rotatable bonds is 4.